The first kappa shape index (κ1) is 24.9. The van der Waals surface area contributed by atoms with Gasteiger partial charge in [0, 0.05) is 26.1 Å². The number of carbonyl (C=O) groups is 2. The Morgan fingerprint density at radius 1 is 0.857 bits per heavy atom. The van der Waals surface area contributed by atoms with Crippen molar-refractivity contribution in [2.75, 3.05) is 21.3 Å². The van der Waals surface area contributed by atoms with Gasteiger partial charge in [0.05, 0.1) is 32.5 Å². The molecular formula is C26H19Cl2NO5S. The zero-order valence-electron chi connectivity index (χ0n) is 18.9. The van der Waals surface area contributed by atoms with E-state index in [1.54, 1.807) is 37.4 Å². The minimum absolute atomic E-state index is 0.0153. The van der Waals surface area contributed by atoms with Crippen LogP contribution < -0.4 is 4.74 Å². The van der Waals surface area contributed by atoms with Crippen LogP contribution >= 0.6 is 35.0 Å². The lowest BCUT2D eigenvalue weighted by Crippen LogP contribution is -2.16. The van der Waals surface area contributed by atoms with Crippen molar-refractivity contribution in [3.63, 3.8) is 0 Å². The molecule has 1 aromatic heterocycles. The van der Waals surface area contributed by atoms with Crippen molar-refractivity contribution in [3.8, 4) is 16.9 Å². The number of hydrogen-bond donors (Lipinski definition) is 0. The number of carbonyl (C=O) groups excluding carboxylic acids is 2. The second kappa shape index (κ2) is 10.6. The summed E-state index contributed by atoms with van der Waals surface area (Å²) in [6.45, 7) is 0. The molecule has 4 aromatic rings. The number of halogens is 2. The summed E-state index contributed by atoms with van der Waals surface area (Å²) in [5.41, 5.74) is 1.04. The Bertz CT molecular complexity index is 1430. The summed E-state index contributed by atoms with van der Waals surface area (Å²) in [4.78, 5) is 32.0. The minimum Gasteiger partial charge on any atom is -0.497 e. The van der Waals surface area contributed by atoms with Crippen LogP contribution in [0, 0.1) is 0 Å². The molecule has 0 amide bonds. The van der Waals surface area contributed by atoms with E-state index in [0.717, 1.165) is 4.90 Å². The number of rotatable bonds is 6. The molecule has 9 heteroatoms. The summed E-state index contributed by atoms with van der Waals surface area (Å²) in [6, 6.07) is 18.0. The molecule has 0 N–H and O–H groups in total. The summed E-state index contributed by atoms with van der Waals surface area (Å²) in [6.07, 6.45) is 0. The van der Waals surface area contributed by atoms with E-state index in [9.17, 15) is 9.59 Å². The molecule has 3 aromatic carbocycles. The lowest BCUT2D eigenvalue weighted by Gasteiger charge is -2.21. The third-order valence-electron chi connectivity index (χ3n) is 5.29. The van der Waals surface area contributed by atoms with Crippen LogP contribution in [0.15, 0.2) is 70.5 Å². The highest BCUT2D eigenvalue weighted by atomic mass is 35.5. The van der Waals surface area contributed by atoms with E-state index in [0.29, 0.717) is 32.5 Å². The Kier molecular flexibility index (Phi) is 7.50. The molecule has 0 atom stereocenters. The normalized spacial score (nSPS) is 10.8. The van der Waals surface area contributed by atoms with E-state index in [-0.39, 0.29) is 21.4 Å². The second-order valence-electron chi connectivity index (χ2n) is 7.24. The van der Waals surface area contributed by atoms with Crippen LogP contribution in [-0.2, 0) is 9.47 Å². The number of fused-ring (bicyclic) bond motifs is 1. The van der Waals surface area contributed by atoms with E-state index >= 15 is 0 Å². The van der Waals surface area contributed by atoms with Crippen LogP contribution in [0.3, 0.4) is 0 Å². The SMILES string of the molecule is COC(=O)c1c(C(=O)OC)c(-c2ccc(OC)cc2)c2c(Cl)nc(Cl)cc2c1Sc1ccccc1. The van der Waals surface area contributed by atoms with Crippen molar-refractivity contribution in [1.29, 1.82) is 0 Å². The molecule has 1 heterocycles. The number of benzene rings is 3. The van der Waals surface area contributed by atoms with Gasteiger partial charge in [-0.3, -0.25) is 0 Å². The van der Waals surface area contributed by atoms with Gasteiger partial charge in [-0.15, -0.1) is 0 Å². The number of hydrogen-bond acceptors (Lipinski definition) is 7. The fourth-order valence-corrected chi connectivity index (χ4v) is 5.37. The molecule has 0 saturated heterocycles. The molecule has 0 saturated carbocycles. The molecule has 6 nitrogen and oxygen atoms in total. The van der Waals surface area contributed by atoms with E-state index in [4.69, 9.17) is 37.4 Å². The zero-order chi connectivity index (χ0) is 25.1. The quantitative estimate of drug-likeness (QED) is 0.198. The topological polar surface area (TPSA) is 74.7 Å². The smallest absolute Gasteiger partial charge is 0.339 e. The first-order valence-corrected chi connectivity index (χ1v) is 11.9. The molecule has 178 valence electrons. The third-order valence-corrected chi connectivity index (χ3v) is 6.89. The highest BCUT2D eigenvalue weighted by Gasteiger charge is 2.32. The number of aromatic nitrogens is 1. The van der Waals surface area contributed by atoms with Crippen LogP contribution in [0.25, 0.3) is 21.9 Å². The van der Waals surface area contributed by atoms with E-state index in [2.05, 4.69) is 4.98 Å². The molecule has 0 unspecified atom stereocenters. The predicted molar refractivity (Wildman–Crippen MR) is 137 cm³/mol. The molecule has 35 heavy (non-hydrogen) atoms. The molecule has 0 aliphatic heterocycles. The van der Waals surface area contributed by atoms with Crippen LogP contribution in [-0.4, -0.2) is 38.3 Å². The molecule has 0 spiro atoms. The lowest BCUT2D eigenvalue weighted by atomic mass is 9.90. The first-order chi connectivity index (χ1) is 16.9. The Morgan fingerprint density at radius 3 is 2.09 bits per heavy atom. The molecular weight excluding hydrogens is 509 g/mol. The van der Waals surface area contributed by atoms with Gasteiger partial charge in [0.1, 0.15) is 16.1 Å². The van der Waals surface area contributed by atoms with Crippen molar-refractivity contribution < 1.29 is 23.8 Å². The highest BCUT2D eigenvalue weighted by molar-refractivity contribution is 7.99. The Morgan fingerprint density at radius 2 is 1.49 bits per heavy atom. The fraction of sp³-hybridized carbons (Fsp3) is 0.115. The standard InChI is InChI=1S/C26H19Cl2NO5S/c1-32-15-11-9-14(10-12-15)19-20-17(13-18(27)29-24(20)28)23(35-16-7-5-4-6-8-16)22(26(31)34-3)21(19)25(30)33-2/h4-13H,1-3H3. The maximum atomic E-state index is 13.2. The predicted octanol–water partition coefficient (Wildman–Crippen LogP) is 6.94. The largest absolute Gasteiger partial charge is 0.497 e. The Hall–Kier alpha value is -3.26. The van der Waals surface area contributed by atoms with Gasteiger partial charge < -0.3 is 14.2 Å². The van der Waals surface area contributed by atoms with Crippen molar-refractivity contribution >= 4 is 57.7 Å². The average molecular weight is 528 g/mol. The van der Waals surface area contributed by atoms with Gasteiger partial charge in [-0.05, 0) is 35.9 Å². The summed E-state index contributed by atoms with van der Waals surface area (Å²) in [7, 11) is 4.05. The Labute approximate surface area is 216 Å². The highest BCUT2D eigenvalue weighted by Crippen LogP contribution is 2.47. The molecule has 0 aliphatic rings. The van der Waals surface area contributed by atoms with Gasteiger partial charge in [0.15, 0.2) is 0 Å². The van der Waals surface area contributed by atoms with Crippen molar-refractivity contribution in [3.05, 3.63) is 82.1 Å². The van der Waals surface area contributed by atoms with Crippen molar-refractivity contribution in [1.82, 2.24) is 4.98 Å². The van der Waals surface area contributed by atoms with E-state index in [1.807, 2.05) is 30.3 Å². The van der Waals surface area contributed by atoms with Crippen LogP contribution in [0.4, 0.5) is 0 Å². The van der Waals surface area contributed by atoms with E-state index in [1.165, 1.54) is 26.0 Å². The van der Waals surface area contributed by atoms with Crippen LogP contribution in [0.1, 0.15) is 20.7 Å². The zero-order valence-corrected chi connectivity index (χ0v) is 21.3. The van der Waals surface area contributed by atoms with Gasteiger partial charge in [-0.1, -0.05) is 65.3 Å². The minimum atomic E-state index is -0.723. The van der Waals surface area contributed by atoms with Gasteiger partial charge in [0.2, 0.25) is 0 Å². The lowest BCUT2D eigenvalue weighted by molar-refractivity contribution is 0.0553. The summed E-state index contributed by atoms with van der Waals surface area (Å²) >= 11 is 14.2. The number of pyridine rings is 1. The third kappa shape index (κ3) is 4.80. The fourth-order valence-electron chi connectivity index (χ4n) is 3.76. The van der Waals surface area contributed by atoms with E-state index < -0.39 is 11.9 Å². The summed E-state index contributed by atoms with van der Waals surface area (Å²) in [5, 5.41) is 1.21. The molecule has 0 radical (unpaired) electrons. The maximum Gasteiger partial charge on any atom is 0.339 e. The molecule has 0 aliphatic carbocycles. The Balaban J connectivity index is 2.22. The van der Waals surface area contributed by atoms with Gasteiger partial charge in [0.25, 0.3) is 0 Å². The number of ether oxygens (including phenoxy) is 3. The first-order valence-electron chi connectivity index (χ1n) is 10.3. The van der Waals surface area contributed by atoms with Crippen molar-refractivity contribution in [2.24, 2.45) is 0 Å². The monoisotopic (exact) mass is 527 g/mol. The van der Waals surface area contributed by atoms with Gasteiger partial charge in [-0.2, -0.15) is 0 Å². The second-order valence-corrected chi connectivity index (χ2v) is 9.07. The summed E-state index contributed by atoms with van der Waals surface area (Å²) in [5.74, 6) is -0.807. The van der Waals surface area contributed by atoms with Crippen LogP contribution in [0.5, 0.6) is 5.75 Å². The number of esters is 2. The molecule has 0 fully saturated rings. The average Bonchev–Trinajstić information content (AvgIpc) is 2.88. The van der Waals surface area contributed by atoms with Crippen LogP contribution in [0.2, 0.25) is 10.3 Å². The number of methoxy groups -OCH3 is 3. The maximum absolute atomic E-state index is 13.2. The molecule has 0 bridgehead atoms. The van der Waals surface area contributed by atoms with Gasteiger partial charge >= 0.3 is 11.9 Å². The molecule has 4 rings (SSSR count). The number of nitrogens with zero attached hydrogens (tertiary/aromatic N) is 1. The van der Waals surface area contributed by atoms with Gasteiger partial charge in [-0.25, -0.2) is 14.6 Å². The summed E-state index contributed by atoms with van der Waals surface area (Å²) < 4.78 is 15.5. The van der Waals surface area contributed by atoms with Crippen molar-refractivity contribution in [2.45, 2.75) is 9.79 Å².